The number of benzene rings is 3. The average Bonchev–Trinajstić information content (AvgIpc) is 3.74. The first-order chi connectivity index (χ1) is 18.3. The predicted octanol–water partition coefficient (Wildman–Crippen LogP) is 9.35. The van der Waals surface area contributed by atoms with Gasteiger partial charge in [-0.1, -0.05) is 18.2 Å². The topological polar surface area (TPSA) is 31.6 Å². The molecule has 37 heavy (non-hydrogen) atoms. The van der Waals surface area contributed by atoms with Crippen LogP contribution < -0.4 is 0 Å². The van der Waals surface area contributed by atoms with E-state index in [4.69, 9.17) is 13.9 Å². The zero-order chi connectivity index (χ0) is 24.1. The van der Waals surface area contributed by atoms with Gasteiger partial charge in [-0.3, -0.25) is 0 Å². The molecule has 5 heteroatoms. The lowest BCUT2D eigenvalue weighted by Gasteiger charge is -2.34. The molecule has 0 saturated carbocycles. The third kappa shape index (κ3) is 2.81. The summed E-state index contributed by atoms with van der Waals surface area (Å²) in [6.07, 6.45) is 10.2. The van der Waals surface area contributed by atoms with E-state index in [0.717, 1.165) is 27.7 Å². The fourth-order valence-electron chi connectivity index (χ4n) is 6.50. The molecule has 2 aliphatic heterocycles. The van der Waals surface area contributed by atoms with Crippen molar-refractivity contribution >= 4 is 64.8 Å². The van der Waals surface area contributed by atoms with Crippen LogP contribution in [0.5, 0.6) is 0 Å². The summed E-state index contributed by atoms with van der Waals surface area (Å²) in [7, 11) is 0. The van der Waals surface area contributed by atoms with Crippen molar-refractivity contribution in [3.8, 4) is 11.1 Å². The van der Waals surface area contributed by atoms with Gasteiger partial charge in [0, 0.05) is 48.9 Å². The number of ether oxygens (including phenoxy) is 2. The van der Waals surface area contributed by atoms with Gasteiger partial charge in [0.1, 0.15) is 23.0 Å². The Hall–Kier alpha value is -3.80. The van der Waals surface area contributed by atoms with E-state index >= 15 is 0 Å². The first-order valence-corrected chi connectivity index (χ1v) is 14.3. The fraction of sp³-hybridized carbons (Fsp3) is 0.125. The minimum absolute atomic E-state index is 0.0767. The lowest BCUT2D eigenvalue weighted by Crippen LogP contribution is -2.33. The molecule has 0 bridgehead atoms. The van der Waals surface area contributed by atoms with Crippen LogP contribution in [0, 0.1) is 11.8 Å². The van der Waals surface area contributed by atoms with Crippen LogP contribution in [0.15, 0.2) is 106 Å². The molecule has 5 heterocycles. The summed E-state index contributed by atoms with van der Waals surface area (Å²) < 4.78 is 21.1. The molecule has 1 aliphatic carbocycles. The molecule has 0 radical (unpaired) electrons. The summed E-state index contributed by atoms with van der Waals surface area (Å²) in [6, 6.07) is 20.1. The van der Waals surface area contributed by atoms with Crippen molar-refractivity contribution in [1.29, 1.82) is 0 Å². The smallest absolute Gasteiger partial charge is 0.136 e. The third-order valence-electron chi connectivity index (χ3n) is 8.18. The highest BCUT2D eigenvalue weighted by Gasteiger charge is 2.44. The van der Waals surface area contributed by atoms with Crippen LogP contribution in [0.1, 0.15) is 11.5 Å². The van der Waals surface area contributed by atoms with Gasteiger partial charge in [-0.15, -0.1) is 22.7 Å². The van der Waals surface area contributed by atoms with Crippen LogP contribution >= 0.6 is 22.7 Å². The van der Waals surface area contributed by atoms with Crippen LogP contribution in [0.4, 0.5) is 0 Å². The third-order valence-corrected chi connectivity index (χ3v) is 9.99. The molecule has 0 amide bonds. The van der Waals surface area contributed by atoms with Crippen molar-refractivity contribution in [1.82, 2.24) is 0 Å². The van der Waals surface area contributed by atoms with Gasteiger partial charge in [0.05, 0.1) is 12.5 Å². The van der Waals surface area contributed by atoms with Crippen LogP contribution in [-0.2, 0) is 9.47 Å². The molecule has 0 N–H and O–H groups in total. The average molecular weight is 517 g/mol. The van der Waals surface area contributed by atoms with Gasteiger partial charge in [-0.25, -0.2) is 0 Å². The molecule has 4 atom stereocenters. The molecule has 0 fully saturated rings. The SMILES string of the molecule is C1=CC2C(=CC3C=COC3C2c2ccc3c(c2)oc2cc(-c4c5ccsc5cc5ccsc45)ccc23)O1. The lowest BCUT2D eigenvalue weighted by molar-refractivity contribution is 0.0920. The van der Waals surface area contributed by atoms with Gasteiger partial charge in [-0.2, -0.15) is 0 Å². The highest BCUT2D eigenvalue weighted by molar-refractivity contribution is 7.19. The first-order valence-electron chi connectivity index (χ1n) is 12.5. The summed E-state index contributed by atoms with van der Waals surface area (Å²) in [6.45, 7) is 0. The van der Waals surface area contributed by atoms with Gasteiger partial charge in [-0.05, 0) is 81.9 Å². The Balaban J connectivity index is 1.20. The van der Waals surface area contributed by atoms with Gasteiger partial charge in [0.25, 0.3) is 0 Å². The Kier molecular flexibility index (Phi) is 4.04. The maximum absolute atomic E-state index is 6.54. The molecule has 0 saturated heterocycles. The Morgan fingerprint density at radius 1 is 0.757 bits per heavy atom. The molecule has 3 nitrogen and oxygen atoms in total. The van der Waals surface area contributed by atoms with Gasteiger partial charge >= 0.3 is 0 Å². The van der Waals surface area contributed by atoms with E-state index in [-0.39, 0.29) is 23.9 Å². The molecule has 6 aromatic rings. The monoisotopic (exact) mass is 516 g/mol. The Labute approximate surface area is 220 Å². The van der Waals surface area contributed by atoms with Crippen molar-refractivity contribution in [2.75, 3.05) is 0 Å². The number of thiophene rings is 2. The van der Waals surface area contributed by atoms with Crippen molar-refractivity contribution in [2.24, 2.45) is 11.8 Å². The molecule has 4 unspecified atom stereocenters. The predicted molar refractivity (Wildman–Crippen MR) is 152 cm³/mol. The van der Waals surface area contributed by atoms with Crippen LogP contribution in [0.2, 0.25) is 0 Å². The number of rotatable bonds is 2. The van der Waals surface area contributed by atoms with Gasteiger partial charge in [0.15, 0.2) is 0 Å². The molecule has 3 aromatic heterocycles. The van der Waals surface area contributed by atoms with E-state index in [0.29, 0.717) is 0 Å². The molecule has 9 rings (SSSR count). The fourth-order valence-corrected chi connectivity index (χ4v) is 8.30. The summed E-state index contributed by atoms with van der Waals surface area (Å²) in [4.78, 5) is 0. The quantitative estimate of drug-likeness (QED) is 0.230. The second-order valence-corrected chi connectivity index (χ2v) is 11.9. The minimum Gasteiger partial charge on any atom is -0.497 e. The van der Waals surface area contributed by atoms with Crippen molar-refractivity contribution < 1.29 is 13.9 Å². The second kappa shape index (κ2) is 7.37. The number of furan rings is 1. The summed E-state index contributed by atoms with van der Waals surface area (Å²) >= 11 is 3.61. The number of hydrogen-bond acceptors (Lipinski definition) is 5. The van der Waals surface area contributed by atoms with Crippen LogP contribution in [0.3, 0.4) is 0 Å². The number of allylic oxidation sites excluding steroid dienone is 1. The van der Waals surface area contributed by atoms with Gasteiger partial charge in [0.2, 0.25) is 0 Å². The Morgan fingerprint density at radius 3 is 2.62 bits per heavy atom. The molecule has 0 spiro atoms. The maximum atomic E-state index is 6.54. The maximum Gasteiger partial charge on any atom is 0.136 e. The molecule has 3 aromatic carbocycles. The van der Waals surface area contributed by atoms with Crippen molar-refractivity contribution in [3.63, 3.8) is 0 Å². The van der Waals surface area contributed by atoms with Crippen molar-refractivity contribution in [2.45, 2.75) is 12.0 Å². The van der Waals surface area contributed by atoms with E-state index in [1.165, 1.54) is 36.9 Å². The normalized spacial score (nSPS) is 24.1. The molecular formula is C32H20O3S2. The number of fused-ring (bicyclic) bond motifs is 7. The van der Waals surface area contributed by atoms with E-state index in [1.807, 2.05) is 23.9 Å². The molecule has 178 valence electrons. The van der Waals surface area contributed by atoms with E-state index < -0.39 is 0 Å². The molecule has 3 aliphatic rings. The van der Waals surface area contributed by atoms with E-state index in [1.54, 1.807) is 11.3 Å². The minimum atomic E-state index is 0.0767. The van der Waals surface area contributed by atoms with Gasteiger partial charge < -0.3 is 13.9 Å². The van der Waals surface area contributed by atoms with Crippen LogP contribution in [-0.4, -0.2) is 6.10 Å². The lowest BCUT2D eigenvalue weighted by atomic mass is 9.73. The standard InChI is InChI=1S/C32H20O3S2/c1-3-21-22-4-2-18(30-24-8-12-36-28(24)16-20-7-11-37-32(20)30)14-27(22)35-26(21)13-17(1)29-23-6-10-33-25(23)15-19-5-9-34-31(19)29/h1-16,19,23,29,31H. The zero-order valence-corrected chi connectivity index (χ0v) is 21.2. The van der Waals surface area contributed by atoms with Crippen molar-refractivity contribution in [3.05, 3.63) is 107 Å². The molecular weight excluding hydrogens is 496 g/mol. The highest BCUT2D eigenvalue weighted by Crippen LogP contribution is 2.49. The summed E-state index contributed by atoms with van der Waals surface area (Å²) in [5, 5.41) is 9.28. The second-order valence-electron chi connectivity index (χ2n) is 10.1. The highest BCUT2D eigenvalue weighted by atomic mass is 32.1. The van der Waals surface area contributed by atoms with Crippen LogP contribution in [0.25, 0.3) is 53.2 Å². The first kappa shape index (κ1) is 20.3. The number of hydrogen-bond donors (Lipinski definition) is 0. The van der Waals surface area contributed by atoms with E-state index in [9.17, 15) is 0 Å². The van der Waals surface area contributed by atoms with E-state index in [2.05, 4.69) is 83.6 Å². The Morgan fingerprint density at radius 2 is 1.65 bits per heavy atom. The largest absolute Gasteiger partial charge is 0.497 e. The zero-order valence-electron chi connectivity index (χ0n) is 19.6. The Bertz CT molecular complexity index is 1930. The summed E-state index contributed by atoms with van der Waals surface area (Å²) in [5.74, 6) is 1.63. The summed E-state index contributed by atoms with van der Waals surface area (Å²) in [5.41, 5.74) is 5.57.